The first kappa shape index (κ1) is 12.3. The highest BCUT2D eigenvalue weighted by molar-refractivity contribution is 5.96. The molecule has 0 aliphatic rings. The van der Waals surface area contributed by atoms with Crippen LogP contribution in [0.25, 0.3) is 11.3 Å². The standard InChI is InChI=1S/C12H11FN2O3/c1-18-6-9-10(12(16)17)11(15-14-9)7-4-2-3-5-8(7)13/h2-5H,6H2,1H3,(H,14,15)(H,16,17). The molecule has 5 nitrogen and oxygen atoms in total. The molecule has 0 aliphatic heterocycles. The molecule has 1 aromatic heterocycles. The Hall–Kier alpha value is -2.21. The van der Waals surface area contributed by atoms with E-state index in [-0.39, 0.29) is 23.4 Å². The van der Waals surface area contributed by atoms with E-state index in [0.717, 1.165) is 0 Å². The van der Waals surface area contributed by atoms with Gasteiger partial charge in [0, 0.05) is 12.7 Å². The van der Waals surface area contributed by atoms with Crippen LogP contribution in [0.2, 0.25) is 0 Å². The molecule has 1 heterocycles. The maximum atomic E-state index is 13.6. The van der Waals surface area contributed by atoms with Crippen molar-refractivity contribution in [1.82, 2.24) is 10.2 Å². The van der Waals surface area contributed by atoms with Crippen molar-refractivity contribution in [3.8, 4) is 11.3 Å². The molecule has 1 aromatic carbocycles. The Balaban J connectivity index is 2.58. The van der Waals surface area contributed by atoms with Gasteiger partial charge in [-0.3, -0.25) is 5.10 Å². The van der Waals surface area contributed by atoms with Crippen LogP contribution in [-0.2, 0) is 11.3 Å². The minimum Gasteiger partial charge on any atom is -0.478 e. The summed E-state index contributed by atoms with van der Waals surface area (Å²) in [5.41, 5.74) is 0.464. The van der Waals surface area contributed by atoms with Gasteiger partial charge in [-0.15, -0.1) is 0 Å². The van der Waals surface area contributed by atoms with Gasteiger partial charge in [0.25, 0.3) is 0 Å². The monoisotopic (exact) mass is 250 g/mol. The van der Waals surface area contributed by atoms with Crippen LogP contribution >= 0.6 is 0 Å². The molecule has 2 rings (SSSR count). The fraction of sp³-hybridized carbons (Fsp3) is 0.167. The van der Waals surface area contributed by atoms with Crippen LogP contribution in [-0.4, -0.2) is 28.4 Å². The topological polar surface area (TPSA) is 75.2 Å². The van der Waals surface area contributed by atoms with Crippen LogP contribution in [0.1, 0.15) is 16.1 Å². The first-order valence-corrected chi connectivity index (χ1v) is 5.19. The fourth-order valence-corrected chi connectivity index (χ4v) is 1.71. The highest BCUT2D eigenvalue weighted by Crippen LogP contribution is 2.26. The van der Waals surface area contributed by atoms with E-state index in [4.69, 9.17) is 4.74 Å². The molecule has 0 unspecified atom stereocenters. The Morgan fingerprint density at radius 2 is 2.22 bits per heavy atom. The zero-order valence-electron chi connectivity index (χ0n) is 9.61. The van der Waals surface area contributed by atoms with Crippen LogP contribution in [0.3, 0.4) is 0 Å². The molecule has 6 heteroatoms. The number of hydrogen-bond donors (Lipinski definition) is 2. The van der Waals surface area contributed by atoms with Crippen molar-refractivity contribution in [3.63, 3.8) is 0 Å². The highest BCUT2D eigenvalue weighted by atomic mass is 19.1. The van der Waals surface area contributed by atoms with Gasteiger partial charge in [0.15, 0.2) is 0 Å². The van der Waals surface area contributed by atoms with E-state index in [9.17, 15) is 14.3 Å². The number of ether oxygens (including phenoxy) is 1. The number of hydrogen-bond acceptors (Lipinski definition) is 3. The molecule has 0 saturated heterocycles. The first-order valence-electron chi connectivity index (χ1n) is 5.19. The maximum Gasteiger partial charge on any atom is 0.339 e. The van der Waals surface area contributed by atoms with Crippen LogP contribution < -0.4 is 0 Å². The molecule has 2 N–H and O–H groups in total. The van der Waals surface area contributed by atoms with Crippen LogP contribution in [0, 0.1) is 5.82 Å². The number of aromatic carboxylic acids is 1. The van der Waals surface area contributed by atoms with Gasteiger partial charge in [-0.25, -0.2) is 9.18 Å². The van der Waals surface area contributed by atoms with Gasteiger partial charge in [-0.05, 0) is 12.1 Å². The van der Waals surface area contributed by atoms with Crippen LogP contribution in [0.15, 0.2) is 24.3 Å². The summed E-state index contributed by atoms with van der Waals surface area (Å²) in [7, 11) is 1.44. The SMILES string of the molecule is COCc1[nH]nc(-c2ccccc2F)c1C(=O)O. The third kappa shape index (κ3) is 2.10. The predicted octanol–water partition coefficient (Wildman–Crippen LogP) is 2.06. The van der Waals surface area contributed by atoms with Crippen LogP contribution in [0.4, 0.5) is 4.39 Å². The van der Waals surface area contributed by atoms with Gasteiger partial charge in [0.1, 0.15) is 17.1 Å². The Morgan fingerprint density at radius 1 is 1.50 bits per heavy atom. The van der Waals surface area contributed by atoms with E-state index in [1.807, 2.05) is 0 Å². The van der Waals surface area contributed by atoms with Gasteiger partial charge < -0.3 is 9.84 Å². The maximum absolute atomic E-state index is 13.6. The molecular formula is C12H11FN2O3. The summed E-state index contributed by atoms with van der Waals surface area (Å²) >= 11 is 0. The average Bonchev–Trinajstić information content (AvgIpc) is 2.74. The summed E-state index contributed by atoms with van der Waals surface area (Å²) in [6.07, 6.45) is 0. The van der Waals surface area contributed by atoms with E-state index < -0.39 is 11.8 Å². The molecule has 0 bridgehead atoms. The predicted molar refractivity (Wildman–Crippen MR) is 61.7 cm³/mol. The summed E-state index contributed by atoms with van der Waals surface area (Å²) in [6, 6.07) is 5.89. The lowest BCUT2D eigenvalue weighted by Crippen LogP contribution is -2.03. The highest BCUT2D eigenvalue weighted by Gasteiger charge is 2.22. The molecule has 0 fully saturated rings. The Kier molecular flexibility index (Phi) is 3.38. The molecule has 0 spiro atoms. The quantitative estimate of drug-likeness (QED) is 0.870. The summed E-state index contributed by atoms with van der Waals surface area (Å²) < 4.78 is 18.5. The Labute approximate surface area is 102 Å². The number of H-pyrrole nitrogens is 1. The number of nitrogens with one attached hydrogen (secondary N) is 1. The van der Waals surface area contributed by atoms with Gasteiger partial charge in [-0.2, -0.15) is 5.10 Å². The minimum atomic E-state index is -1.17. The number of carboxylic acids is 1. The van der Waals surface area contributed by atoms with Gasteiger partial charge in [0.05, 0.1) is 12.3 Å². The van der Waals surface area contributed by atoms with Crippen molar-refractivity contribution in [3.05, 3.63) is 41.3 Å². The van der Waals surface area contributed by atoms with E-state index in [1.165, 1.54) is 25.3 Å². The number of halogens is 1. The van der Waals surface area contributed by atoms with Crippen molar-refractivity contribution in [2.75, 3.05) is 7.11 Å². The normalized spacial score (nSPS) is 10.6. The molecule has 2 aromatic rings. The smallest absolute Gasteiger partial charge is 0.339 e. The molecular weight excluding hydrogens is 239 g/mol. The van der Waals surface area contributed by atoms with E-state index in [0.29, 0.717) is 5.69 Å². The summed E-state index contributed by atoms with van der Waals surface area (Å²) in [5, 5.41) is 15.6. The zero-order valence-corrected chi connectivity index (χ0v) is 9.61. The number of benzene rings is 1. The summed E-state index contributed by atoms with van der Waals surface area (Å²) in [4.78, 5) is 11.2. The zero-order chi connectivity index (χ0) is 13.1. The second-order valence-corrected chi connectivity index (χ2v) is 3.64. The minimum absolute atomic E-state index is 0.0676. The number of methoxy groups -OCH3 is 1. The number of nitrogens with zero attached hydrogens (tertiary/aromatic N) is 1. The average molecular weight is 250 g/mol. The molecule has 0 aliphatic carbocycles. The van der Waals surface area contributed by atoms with Crippen molar-refractivity contribution in [2.24, 2.45) is 0 Å². The lowest BCUT2D eigenvalue weighted by Gasteiger charge is -2.02. The largest absolute Gasteiger partial charge is 0.478 e. The van der Waals surface area contributed by atoms with E-state index >= 15 is 0 Å². The molecule has 0 amide bonds. The molecule has 0 atom stereocenters. The summed E-state index contributed by atoms with van der Waals surface area (Å²) in [6.45, 7) is 0.0725. The lowest BCUT2D eigenvalue weighted by atomic mass is 10.1. The second kappa shape index (κ2) is 4.97. The Bertz CT molecular complexity index is 580. The fourth-order valence-electron chi connectivity index (χ4n) is 1.71. The third-order valence-electron chi connectivity index (χ3n) is 2.47. The number of carboxylic acid groups (broad SMARTS) is 1. The van der Waals surface area contributed by atoms with E-state index in [2.05, 4.69) is 10.2 Å². The van der Waals surface area contributed by atoms with Crippen molar-refractivity contribution in [1.29, 1.82) is 0 Å². The van der Waals surface area contributed by atoms with Crippen molar-refractivity contribution in [2.45, 2.75) is 6.61 Å². The number of carbonyl (C=O) groups is 1. The molecule has 18 heavy (non-hydrogen) atoms. The first-order chi connectivity index (χ1) is 8.65. The van der Waals surface area contributed by atoms with Gasteiger partial charge in [0.2, 0.25) is 0 Å². The van der Waals surface area contributed by atoms with Gasteiger partial charge >= 0.3 is 5.97 Å². The molecule has 0 saturated carbocycles. The third-order valence-corrected chi connectivity index (χ3v) is 2.47. The molecule has 94 valence electrons. The van der Waals surface area contributed by atoms with E-state index in [1.54, 1.807) is 6.07 Å². The van der Waals surface area contributed by atoms with Crippen LogP contribution in [0.5, 0.6) is 0 Å². The van der Waals surface area contributed by atoms with Crippen molar-refractivity contribution >= 4 is 5.97 Å². The summed E-state index contributed by atoms with van der Waals surface area (Å²) in [5.74, 6) is -1.69. The second-order valence-electron chi connectivity index (χ2n) is 3.64. The van der Waals surface area contributed by atoms with Crippen molar-refractivity contribution < 1.29 is 19.0 Å². The van der Waals surface area contributed by atoms with Gasteiger partial charge in [-0.1, -0.05) is 12.1 Å². The number of rotatable bonds is 4. The molecule has 0 radical (unpaired) electrons. The Morgan fingerprint density at radius 3 is 2.83 bits per heavy atom. The lowest BCUT2D eigenvalue weighted by molar-refractivity contribution is 0.0692. The number of aromatic nitrogens is 2. The number of aromatic amines is 1.